The molecule has 0 amide bonds. The lowest BCUT2D eigenvalue weighted by Gasteiger charge is -2.06. The zero-order valence-electron chi connectivity index (χ0n) is 8.18. The average Bonchev–Trinajstić information content (AvgIpc) is 2.25. The Morgan fingerprint density at radius 1 is 1.35 bits per heavy atom. The van der Waals surface area contributed by atoms with E-state index in [1.165, 1.54) is 0 Å². The predicted molar refractivity (Wildman–Crippen MR) is 63.1 cm³/mol. The Balaban J connectivity index is 2.79. The van der Waals surface area contributed by atoms with E-state index in [1.807, 2.05) is 0 Å². The van der Waals surface area contributed by atoms with E-state index >= 15 is 0 Å². The van der Waals surface area contributed by atoms with Gasteiger partial charge in [-0.25, -0.2) is 0 Å². The summed E-state index contributed by atoms with van der Waals surface area (Å²) in [7, 11) is 0. The molecule has 0 saturated carbocycles. The summed E-state index contributed by atoms with van der Waals surface area (Å²) in [5.41, 5.74) is 0.404. The van der Waals surface area contributed by atoms with Crippen molar-refractivity contribution in [3.63, 3.8) is 0 Å². The fourth-order valence-electron chi connectivity index (χ4n) is 0.920. The van der Waals surface area contributed by atoms with Crippen molar-refractivity contribution in [3.8, 4) is 0 Å². The van der Waals surface area contributed by atoms with Crippen LogP contribution < -0.4 is 5.32 Å². The van der Waals surface area contributed by atoms with Crippen LogP contribution in [0.1, 0.15) is 0 Å². The summed E-state index contributed by atoms with van der Waals surface area (Å²) < 4.78 is 35.5. The molecule has 0 radical (unpaired) electrons. The van der Waals surface area contributed by atoms with Crippen LogP contribution in [0.25, 0.3) is 0 Å². The molecule has 0 bridgehead atoms. The van der Waals surface area contributed by atoms with E-state index in [0.717, 1.165) is 6.20 Å². The number of carbonyl (C=O) groups is 1. The van der Waals surface area contributed by atoms with Crippen LogP contribution in [0.5, 0.6) is 0 Å². The van der Waals surface area contributed by atoms with E-state index in [2.05, 4.69) is 21.2 Å². The number of hydrogen-bond acceptors (Lipinski definition) is 2. The standard InChI is InChI=1S/C10H6BrClF3NO/c11-6(9(17)10(13,14)15)5-16-8-4-2-1-3-7(8)12/h1-5,16H/b6-5-. The molecule has 0 aliphatic carbocycles. The second-order valence-electron chi connectivity index (χ2n) is 2.94. The lowest BCUT2D eigenvalue weighted by Crippen LogP contribution is -2.22. The Morgan fingerprint density at radius 2 is 1.94 bits per heavy atom. The molecule has 0 fully saturated rings. The maximum absolute atomic E-state index is 12.0. The normalized spacial score (nSPS) is 12.4. The highest BCUT2D eigenvalue weighted by atomic mass is 79.9. The highest BCUT2D eigenvalue weighted by molar-refractivity contribution is 9.12. The summed E-state index contributed by atoms with van der Waals surface area (Å²) in [5, 5.41) is 2.84. The Morgan fingerprint density at radius 3 is 2.47 bits per heavy atom. The Labute approximate surface area is 109 Å². The van der Waals surface area contributed by atoms with Gasteiger partial charge in [-0.15, -0.1) is 0 Å². The third-order valence-electron chi connectivity index (χ3n) is 1.70. The maximum atomic E-state index is 12.0. The van der Waals surface area contributed by atoms with Gasteiger partial charge in [0.25, 0.3) is 5.78 Å². The lowest BCUT2D eigenvalue weighted by molar-refractivity contribution is -0.165. The molecule has 7 heteroatoms. The molecule has 92 valence electrons. The summed E-state index contributed by atoms with van der Waals surface area (Å²) in [6.07, 6.45) is -4.01. The number of allylic oxidation sites excluding steroid dienone is 1. The van der Waals surface area contributed by atoms with Crippen molar-refractivity contribution in [3.05, 3.63) is 40.0 Å². The first-order chi connectivity index (χ1) is 7.82. The number of hydrogen-bond donors (Lipinski definition) is 1. The number of nitrogens with one attached hydrogen (secondary N) is 1. The molecule has 0 aromatic heterocycles. The Hall–Kier alpha value is -1.01. The molecule has 0 aliphatic rings. The van der Waals surface area contributed by atoms with Crippen molar-refractivity contribution in [2.45, 2.75) is 6.18 Å². The molecule has 0 spiro atoms. The van der Waals surface area contributed by atoms with Gasteiger partial charge < -0.3 is 5.32 Å². The number of para-hydroxylation sites is 1. The van der Waals surface area contributed by atoms with Crippen LogP contribution in [0.15, 0.2) is 34.9 Å². The van der Waals surface area contributed by atoms with Gasteiger partial charge in [0.1, 0.15) is 0 Å². The molecule has 1 N–H and O–H groups in total. The van der Waals surface area contributed by atoms with Crippen LogP contribution in [-0.4, -0.2) is 12.0 Å². The van der Waals surface area contributed by atoms with Crippen molar-refractivity contribution in [2.75, 3.05) is 5.32 Å². The van der Waals surface area contributed by atoms with E-state index in [-0.39, 0.29) is 0 Å². The molecule has 1 rings (SSSR count). The van der Waals surface area contributed by atoms with Crippen molar-refractivity contribution in [1.29, 1.82) is 0 Å². The molecule has 0 atom stereocenters. The Kier molecular flexibility index (Phi) is 4.59. The summed E-state index contributed by atoms with van der Waals surface area (Å²) in [6, 6.07) is 6.46. The Bertz CT molecular complexity index is 459. The molecule has 1 aromatic rings. The van der Waals surface area contributed by atoms with Crippen LogP contribution in [0.4, 0.5) is 18.9 Å². The minimum atomic E-state index is -4.91. The SMILES string of the molecule is O=C(/C(Br)=C/Nc1ccccc1Cl)C(F)(F)F. The van der Waals surface area contributed by atoms with Gasteiger partial charge in [-0.1, -0.05) is 23.7 Å². The number of halogens is 5. The summed E-state index contributed by atoms with van der Waals surface area (Å²) >= 11 is 8.31. The molecule has 0 saturated heterocycles. The van der Waals surface area contributed by atoms with Crippen molar-refractivity contribution < 1.29 is 18.0 Å². The minimum absolute atomic E-state index is 0.337. The van der Waals surface area contributed by atoms with E-state index in [4.69, 9.17) is 11.6 Å². The van der Waals surface area contributed by atoms with Crippen LogP contribution in [0, 0.1) is 0 Å². The number of alkyl halides is 3. The second-order valence-corrected chi connectivity index (χ2v) is 4.20. The van der Waals surface area contributed by atoms with Crippen LogP contribution >= 0.6 is 27.5 Å². The number of benzene rings is 1. The third-order valence-corrected chi connectivity index (χ3v) is 2.62. The molecule has 17 heavy (non-hydrogen) atoms. The van der Waals surface area contributed by atoms with Crippen LogP contribution in [0.2, 0.25) is 5.02 Å². The first-order valence-electron chi connectivity index (χ1n) is 4.30. The topological polar surface area (TPSA) is 29.1 Å². The van der Waals surface area contributed by atoms with Gasteiger partial charge in [0.05, 0.1) is 15.2 Å². The minimum Gasteiger partial charge on any atom is -0.359 e. The molecular formula is C10H6BrClF3NO. The number of rotatable bonds is 3. The first-order valence-corrected chi connectivity index (χ1v) is 5.47. The van der Waals surface area contributed by atoms with E-state index in [9.17, 15) is 18.0 Å². The number of Topliss-reactive ketones (excluding diaryl/α,β-unsaturated/α-hetero) is 1. The van der Waals surface area contributed by atoms with E-state index in [0.29, 0.717) is 10.7 Å². The predicted octanol–water partition coefficient (Wildman–Crippen LogP) is 4.12. The lowest BCUT2D eigenvalue weighted by atomic mass is 10.3. The maximum Gasteiger partial charge on any atom is 0.455 e. The molecule has 1 aromatic carbocycles. The zero-order valence-corrected chi connectivity index (χ0v) is 10.5. The monoisotopic (exact) mass is 327 g/mol. The number of anilines is 1. The van der Waals surface area contributed by atoms with Crippen molar-refractivity contribution in [1.82, 2.24) is 0 Å². The van der Waals surface area contributed by atoms with E-state index < -0.39 is 16.4 Å². The van der Waals surface area contributed by atoms with Gasteiger partial charge in [0.15, 0.2) is 0 Å². The van der Waals surface area contributed by atoms with Gasteiger partial charge in [0.2, 0.25) is 0 Å². The van der Waals surface area contributed by atoms with Gasteiger partial charge in [0, 0.05) is 6.20 Å². The molecule has 0 unspecified atom stereocenters. The van der Waals surface area contributed by atoms with E-state index in [1.54, 1.807) is 24.3 Å². The van der Waals surface area contributed by atoms with Gasteiger partial charge in [-0.05, 0) is 28.1 Å². The average molecular weight is 329 g/mol. The molecule has 0 aliphatic heterocycles. The molecule has 2 nitrogen and oxygen atoms in total. The van der Waals surface area contributed by atoms with Crippen molar-refractivity contribution >= 4 is 39.0 Å². The summed E-state index contributed by atoms with van der Waals surface area (Å²) in [5.74, 6) is -1.96. The quantitative estimate of drug-likeness (QED) is 0.846. The van der Waals surface area contributed by atoms with Crippen LogP contribution in [0.3, 0.4) is 0 Å². The fourth-order valence-corrected chi connectivity index (χ4v) is 1.45. The molecular weight excluding hydrogens is 322 g/mol. The third kappa shape index (κ3) is 4.05. The first kappa shape index (κ1) is 14.1. The van der Waals surface area contributed by atoms with Crippen molar-refractivity contribution in [2.24, 2.45) is 0 Å². The highest BCUT2D eigenvalue weighted by Gasteiger charge is 2.39. The van der Waals surface area contributed by atoms with Gasteiger partial charge >= 0.3 is 6.18 Å². The number of carbonyl (C=O) groups excluding carboxylic acids is 1. The van der Waals surface area contributed by atoms with Crippen LogP contribution in [-0.2, 0) is 4.79 Å². The second kappa shape index (κ2) is 5.55. The fraction of sp³-hybridized carbons (Fsp3) is 0.100. The largest absolute Gasteiger partial charge is 0.455 e. The molecule has 0 heterocycles. The summed E-state index contributed by atoms with van der Waals surface area (Å²) in [4.78, 5) is 10.8. The van der Waals surface area contributed by atoms with Gasteiger partial charge in [-0.3, -0.25) is 4.79 Å². The zero-order chi connectivity index (χ0) is 13.1. The summed E-state index contributed by atoms with van der Waals surface area (Å²) in [6.45, 7) is 0. The highest BCUT2D eigenvalue weighted by Crippen LogP contribution is 2.25. The smallest absolute Gasteiger partial charge is 0.359 e. The van der Waals surface area contributed by atoms with Gasteiger partial charge in [-0.2, -0.15) is 13.2 Å². The number of ketones is 1.